The first-order valence-corrected chi connectivity index (χ1v) is 8.07. The van der Waals surface area contributed by atoms with Crippen LogP contribution in [-0.4, -0.2) is 11.6 Å². The Hall–Kier alpha value is -1.86. The van der Waals surface area contributed by atoms with Crippen LogP contribution in [0.4, 0.5) is 0 Å². The molecule has 1 aromatic heterocycles. The summed E-state index contributed by atoms with van der Waals surface area (Å²) in [5, 5.41) is 10.0. The first-order valence-electron chi connectivity index (χ1n) is 7.25. The zero-order chi connectivity index (χ0) is 15.2. The van der Waals surface area contributed by atoms with E-state index in [0.29, 0.717) is 12.5 Å². The first kappa shape index (κ1) is 15.5. The maximum absolute atomic E-state index is 9.04. The summed E-state index contributed by atoms with van der Waals surface area (Å²) in [6.45, 7) is 6.95. The lowest BCUT2D eigenvalue weighted by molar-refractivity contribution is 0.321. The van der Waals surface area contributed by atoms with Crippen LogP contribution >= 0.6 is 11.3 Å². The third kappa shape index (κ3) is 4.05. The van der Waals surface area contributed by atoms with Gasteiger partial charge in [0.15, 0.2) is 0 Å². The van der Waals surface area contributed by atoms with Gasteiger partial charge in [-0.05, 0) is 30.0 Å². The van der Waals surface area contributed by atoms with Gasteiger partial charge in [0.25, 0.3) is 0 Å². The fourth-order valence-electron chi connectivity index (χ4n) is 2.05. The second kappa shape index (κ2) is 7.24. The average molecular weight is 300 g/mol. The van der Waals surface area contributed by atoms with Crippen molar-refractivity contribution < 1.29 is 4.74 Å². The van der Waals surface area contributed by atoms with E-state index in [1.54, 1.807) is 0 Å². The summed E-state index contributed by atoms with van der Waals surface area (Å²) in [5.74, 6) is 1.40. The molecule has 2 rings (SSSR count). The van der Waals surface area contributed by atoms with E-state index in [0.717, 1.165) is 34.2 Å². The van der Waals surface area contributed by atoms with Crippen LogP contribution in [-0.2, 0) is 12.8 Å². The number of ether oxygens (including phenoxy) is 1. The molecule has 3 nitrogen and oxygen atoms in total. The number of benzene rings is 1. The van der Waals surface area contributed by atoms with Gasteiger partial charge in [0.05, 0.1) is 17.3 Å². The average Bonchev–Trinajstić information content (AvgIpc) is 2.90. The van der Waals surface area contributed by atoms with Gasteiger partial charge in [-0.2, -0.15) is 5.26 Å². The van der Waals surface area contributed by atoms with E-state index in [-0.39, 0.29) is 0 Å². The normalized spacial score (nSPS) is 10.6. The highest BCUT2D eigenvalue weighted by molar-refractivity contribution is 7.12. The second-order valence-corrected chi connectivity index (χ2v) is 6.26. The van der Waals surface area contributed by atoms with Gasteiger partial charge in [-0.25, -0.2) is 4.98 Å². The van der Waals surface area contributed by atoms with Crippen LogP contribution in [0.1, 0.15) is 47.8 Å². The van der Waals surface area contributed by atoms with Crippen molar-refractivity contribution in [3.63, 3.8) is 0 Å². The predicted molar refractivity (Wildman–Crippen MR) is 85.9 cm³/mol. The highest BCUT2D eigenvalue weighted by atomic mass is 32.1. The minimum Gasteiger partial charge on any atom is -0.493 e. The van der Waals surface area contributed by atoms with E-state index >= 15 is 0 Å². The van der Waals surface area contributed by atoms with Gasteiger partial charge in [0.1, 0.15) is 16.7 Å². The lowest BCUT2D eigenvalue weighted by Crippen LogP contribution is -2.01. The van der Waals surface area contributed by atoms with Crippen molar-refractivity contribution in [2.75, 3.05) is 6.61 Å². The standard InChI is InChI=1S/C17H20N2OS/c1-4-15-16(11-18)21-17(19-15)8-9-20-14-7-5-6-13(10-14)12(2)3/h5-7,10,12H,4,8-9H2,1-3H3. The van der Waals surface area contributed by atoms with Crippen LogP contribution in [0.25, 0.3) is 0 Å². The van der Waals surface area contributed by atoms with Crippen molar-refractivity contribution in [1.82, 2.24) is 4.98 Å². The Morgan fingerprint density at radius 1 is 1.38 bits per heavy atom. The molecule has 0 amide bonds. The zero-order valence-corrected chi connectivity index (χ0v) is 13.5. The molecule has 0 saturated heterocycles. The maximum atomic E-state index is 9.04. The molecule has 0 bridgehead atoms. The number of aromatic nitrogens is 1. The van der Waals surface area contributed by atoms with E-state index in [1.807, 2.05) is 19.1 Å². The molecule has 0 fully saturated rings. The Bertz CT molecular complexity index is 640. The molecule has 0 aliphatic carbocycles. The molecular formula is C17H20N2OS. The summed E-state index contributed by atoms with van der Waals surface area (Å²) < 4.78 is 5.80. The maximum Gasteiger partial charge on any atom is 0.128 e. The van der Waals surface area contributed by atoms with E-state index in [4.69, 9.17) is 10.00 Å². The molecule has 0 unspecified atom stereocenters. The van der Waals surface area contributed by atoms with Gasteiger partial charge in [0.2, 0.25) is 0 Å². The van der Waals surface area contributed by atoms with Crippen LogP contribution in [0.2, 0.25) is 0 Å². The van der Waals surface area contributed by atoms with E-state index in [9.17, 15) is 0 Å². The van der Waals surface area contributed by atoms with Crippen molar-refractivity contribution in [3.05, 3.63) is 45.4 Å². The fourth-order valence-corrected chi connectivity index (χ4v) is 2.98. The lowest BCUT2D eigenvalue weighted by Gasteiger charge is -2.09. The predicted octanol–water partition coefficient (Wildman–Crippen LogP) is 4.32. The van der Waals surface area contributed by atoms with E-state index < -0.39 is 0 Å². The summed E-state index contributed by atoms with van der Waals surface area (Å²) in [6, 6.07) is 10.4. The molecule has 2 aromatic rings. The number of hydrogen-bond acceptors (Lipinski definition) is 4. The van der Waals surface area contributed by atoms with Crippen LogP contribution in [0.15, 0.2) is 24.3 Å². The molecule has 0 atom stereocenters. The molecule has 21 heavy (non-hydrogen) atoms. The Labute approximate surface area is 130 Å². The van der Waals surface area contributed by atoms with Crippen molar-refractivity contribution in [1.29, 1.82) is 5.26 Å². The quantitative estimate of drug-likeness (QED) is 0.798. The summed E-state index contributed by atoms with van der Waals surface area (Å²) >= 11 is 1.48. The van der Waals surface area contributed by atoms with Crippen LogP contribution in [0.5, 0.6) is 5.75 Å². The summed E-state index contributed by atoms with van der Waals surface area (Å²) in [4.78, 5) is 5.22. The minimum absolute atomic E-state index is 0.498. The molecule has 0 N–H and O–H groups in total. The van der Waals surface area contributed by atoms with Gasteiger partial charge >= 0.3 is 0 Å². The largest absolute Gasteiger partial charge is 0.493 e. The number of nitrogens with zero attached hydrogens (tertiary/aromatic N) is 2. The van der Waals surface area contributed by atoms with Crippen LogP contribution in [0, 0.1) is 11.3 Å². The molecule has 110 valence electrons. The Balaban J connectivity index is 1.94. The van der Waals surface area contributed by atoms with E-state index in [2.05, 4.69) is 37.0 Å². The number of hydrogen-bond donors (Lipinski definition) is 0. The molecule has 4 heteroatoms. The second-order valence-electron chi connectivity index (χ2n) is 5.17. The van der Waals surface area contributed by atoms with Gasteiger partial charge < -0.3 is 4.74 Å². The van der Waals surface area contributed by atoms with Gasteiger partial charge in [-0.15, -0.1) is 11.3 Å². The highest BCUT2D eigenvalue weighted by Gasteiger charge is 2.09. The van der Waals surface area contributed by atoms with Crippen LogP contribution in [0.3, 0.4) is 0 Å². The Kier molecular flexibility index (Phi) is 5.35. The summed E-state index contributed by atoms with van der Waals surface area (Å²) in [7, 11) is 0. The smallest absolute Gasteiger partial charge is 0.128 e. The Morgan fingerprint density at radius 2 is 2.19 bits per heavy atom. The number of rotatable bonds is 6. The molecule has 0 saturated carbocycles. The third-order valence-corrected chi connectivity index (χ3v) is 4.35. The molecule has 0 aliphatic heterocycles. The molecular weight excluding hydrogens is 280 g/mol. The summed E-state index contributed by atoms with van der Waals surface area (Å²) in [6.07, 6.45) is 1.54. The monoisotopic (exact) mass is 300 g/mol. The highest BCUT2D eigenvalue weighted by Crippen LogP contribution is 2.21. The van der Waals surface area contributed by atoms with Gasteiger partial charge in [-0.1, -0.05) is 32.9 Å². The molecule has 1 heterocycles. The zero-order valence-electron chi connectivity index (χ0n) is 12.7. The minimum atomic E-state index is 0.498. The van der Waals surface area contributed by atoms with E-state index in [1.165, 1.54) is 16.9 Å². The SMILES string of the molecule is CCc1nc(CCOc2cccc(C(C)C)c2)sc1C#N. The Morgan fingerprint density at radius 3 is 2.81 bits per heavy atom. The van der Waals surface area contributed by atoms with Gasteiger partial charge in [0, 0.05) is 6.42 Å². The molecule has 0 aliphatic rings. The van der Waals surface area contributed by atoms with Crippen molar-refractivity contribution >= 4 is 11.3 Å². The number of aryl methyl sites for hydroxylation is 1. The molecule has 1 aromatic carbocycles. The third-order valence-electron chi connectivity index (χ3n) is 3.29. The number of nitriles is 1. The number of thiazole rings is 1. The molecule has 0 radical (unpaired) electrons. The van der Waals surface area contributed by atoms with Crippen molar-refractivity contribution in [2.45, 2.75) is 39.5 Å². The molecule has 0 spiro atoms. The van der Waals surface area contributed by atoms with Crippen LogP contribution < -0.4 is 4.74 Å². The van der Waals surface area contributed by atoms with Crippen molar-refractivity contribution in [3.8, 4) is 11.8 Å². The summed E-state index contributed by atoms with van der Waals surface area (Å²) in [5.41, 5.74) is 2.18. The fraction of sp³-hybridized carbons (Fsp3) is 0.412. The topological polar surface area (TPSA) is 45.9 Å². The van der Waals surface area contributed by atoms with Gasteiger partial charge in [-0.3, -0.25) is 0 Å². The lowest BCUT2D eigenvalue weighted by atomic mass is 10.0. The van der Waals surface area contributed by atoms with Crippen molar-refractivity contribution in [2.24, 2.45) is 0 Å². The first-order chi connectivity index (χ1) is 10.1.